The van der Waals surface area contributed by atoms with Gasteiger partial charge in [0.2, 0.25) is 0 Å². The van der Waals surface area contributed by atoms with E-state index in [4.69, 9.17) is 0 Å². The standard InChI is InChI=1S/C22H22O8/c1-3-4-9-22(2,12-5-7-14(18(23)24)16(10-12)20(27)28)13-6-8-15(19(25)26)17(11-13)21(29)30/h5-8,10-11H,3-4,9H2,1-2H3,(H,23,24)(H,25,26)(H,27,28)(H,29,30). The van der Waals surface area contributed by atoms with E-state index in [1.807, 2.05) is 6.92 Å². The van der Waals surface area contributed by atoms with E-state index in [9.17, 15) is 39.6 Å². The summed E-state index contributed by atoms with van der Waals surface area (Å²) in [5.74, 6) is -5.51. The highest BCUT2D eigenvalue weighted by Gasteiger charge is 2.32. The van der Waals surface area contributed by atoms with Crippen molar-refractivity contribution in [1.82, 2.24) is 0 Å². The molecule has 0 aromatic heterocycles. The first-order valence-electron chi connectivity index (χ1n) is 9.25. The zero-order valence-corrected chi connectivity index (χ0v) is 16.5. The predicted octanol–water partition coefficient (Wildman–Crippen LogP) is 3.98. The van der Waals surface area contributed by atoms with E-state index in [-0.39, 0.29) is 22.3 Å². The molecule has 0 spiro atoms. The summed E-state index contributed by atoms with van der Waals surface area (Å²) in [5.41, 5.74) is -1.31. The molecule has 0 radical (unpaired) electrons. The molecule has 8 heteroatoms. The van der Waals surface area contributed by atoms with Crippen LogP contribution in [0.25, 0.3) is 0 Å². The Morgan fingerprint density at radius 2 is 1.07 bits per heavy atom. The SMILES string of the molecule is CCCCC(C)(c1ccc(C(=O)O)c(C(=O)O)c1)c1ccc(C(=O)O)c(C(=O)O)c1. The highest BCUT2D eigenvalue weighted by molar-refractivity contribution is 6.02. The van der Waals surface area contributed by atoms with Crippen LogP contribution < -0.4 is 0 Å². The van der Waals surface area contributed by atoms with E-state index < -0.39 is 29.3 Å². The molecule has 0 amide bonds. The van der Waals surface area contributed by atoms with Crippen molar-refractivity contribution in [2.24, 2.45) is 0 Å². The van der Waals surface area contributed by atoms with Gasteiger partial charge in [-0.05, 0) is 41.8 Å². The van der Waals surface area contributed by atoms with Gasteiger partial charge < -0.3 is 20.4 Å². The van der Waals surface area contributed by atoms with Crippen LogP contribution in [0.3, 0.4) is 0 Å². The van der Waals surface area contributed by atoms with Crippen molar-refractivity contribution >= 4 is 23.9 Å². The van der Waals surface area contributed by atoms with E-state index in [2.05, 4.69) is 0 Å². The molecule has 0 fully saturated rings. The number of benzene rings is 2. The average Bonchev–Trinajstić information content (AvgIpc) is 2.70. The quantitative estimate of drug-likeness (QED) is 0.481. The molecular weight excluding hydrogens is 392 g/mol. The summed E-state index contributed by atoms with van der Waals surface area (Å²) in [7, 11) is 0. The van der Waals surface area contributed by atoms with Crippen LogP contribution >= 0.6 is 0 Å². The zero-order valence-electron chi connectivity index (χ0n) is 16.5. The maximum absolute atomic E-state index is 11.6. The Balaban J connectivity index is 2.75. The Bertz CT molecular complexity index is 946. The van der Waals surface area contributed by atoms with Crippen molar-refractivity contribution in [2.45, 2.75) is 38.5 Å². The number of aromatic carboxylic acids is 4. The monoisotopic (exact) mass is 414 g/mol. The number of hydrogen-bond acceptors (Lipinski definition) is 4. The lowest BCUT2D eigenvalue weighted by molar-refractivity contribution is 0.0651. The molecule has 0 bridgehead atoms. The van der Waals surface area contributed by atoms with Crippen molar-refractivity contribution in [3.63, 3.8) is 0 Å². The van der Waals surface area contributed by atoms with Gasteiger partial charge in [0, 0.05) is 5.41 Å². The number of carboxylic acids is 4. The van der Waals surface area contributed by atoms with Gasteiger partial charge in [-0.2, -0.15) is 0 Å². The van der Waals surface area contributed by atoms with Gasteiger partial charge in [-0.3, -0.25) is 0 Å². The maximum atomic E-state index is 11.6. The average molecular weight is 414 g/mol. The van der Waals surface area contributed by atoms with Gasteiger partial charge in [0.15, 0.2) is 0 Å². The van der Waals surface area contributed by atoms with E-state index >= 15 is 0 Å². The molecule has 0 atom stereocenters. The van der Waals surface area contributed by atoms with Gasteiger partial charge in [0.25, 0.3) is 0 Å². The molecule has 0 aliphatic carbocycles. The van der Waals surface area contributed by atoms with E-state index in [1.54, 1.807) is 6.92 Å². The van der Waals surface area contributed by atoms with Crippen LogP contribution in [0.2, 0.25) is 0 Å². The fraction of sp³-hybridized carbons (Fsp3) is 0.273. The second-order valence-corrected chi connectivity index (χ2v) is 7.18. The molecule has 4 N–H and O–H groups in total. The fourth-order valence-electron chi connectivity index (χ4n) is 3.49. The lowest BCUT2D eigenvalue weighted by Gasteiger charge is -2.32. The topological polar surface area (TPSA) is 149 Å². The lowest BCUT2D eigenvalue weighted by Crippen LogP contribution is -2.26. The first-order chi connectivity index (χ1) is 14.0. The minimum absolute atomic E-state index is 0.350. The summed E-state index contributed by atoms with van der Waals surface area (Å²) in [5, 5.41) is 37.4. The van der Waals surface area contributed by atoms with Crippen molar-refractivity contribution in [3.8, 4) is 0 Å². The summed E-state index contributed by atoms with van der Waals surface area (Å²) in [6.07, 6.45) is 2.05. The highest BCUT2D eigenvalue weighted by Crippen LogP contribution is 2.38. The van der Waals surface area contributed by atoms with Crippen LogP contribution in [0.15, 0.2) is 36.4 Å². The van der Waals surface area contributed by atoms with E-state index in [0.29, 0.717) is 17.5 Å². The molecule has 158 valence electrons. The molecule has 2 aromatic carbocycles. The van der Waals surface area contributed by atoms with Crippen LogP contribution in [0.1, 0.15) is 85.7 Å². The number of rotatable bonds is 9. The van der Waals surface area contributed by atoms with Crippen LogP contribution in [-0.4, -0.2) is 44.3 Å². The van der Waals surface area contributed by atoms with Gasteiger partial charge in [0.05, 0.1) is 22.3 Å². The number of carbonyl (C=O) groups is 4. The third-order valence-corrected chi connectivity index (χ3v) is 5.27. The zero-order chi connectivity index (χ0) is 22.6. The molecule has 0 unspecified atom stereocenters. The van der Waals surface area contributed by atoms with Gasteiger partial charge in [-0.25, -0.2) is 19.2 Å². The third kappa shape index (κ3) is 4.32. The Kier molecular flexibility index (Phi) is 6.61. The number of unbranched alkanes of at least 4 members (excludes halogenated alkanes) is 1. The largest absolute Gasteiger partial charge is 0.478 e. The summed E-state index contributed by atoms with van der Waals surface area (Å²) in [6.45, 7) is 3.76. The molecule has 0 heterocycles. The Morgan fingerprint density at radius 1 is 0.700 bits per heavy atom. The van der Waals surface area contributed by atoms with Crippen LogP contribution in [-0.2, 0) is 5.41 Å². The summed E-state index contributed by atoms with van der Waals surface area (Å²) >= 11 is 0. The molecule has 8 nitrogen and oxygen atoms in total. The molecule has 0 aliphatic rings. The van der Waals surface area contributed by atoms with Crippen LogP contribution in [0, 0.1) is 0 Å². The molecule has 0 aliphatic heterocycles. The normalized spacial score (nSPS) is 11.1. The third-order valence-electron chi connectivity index (χ3n) is 5.27. The summed E-state index contributed by atoms with van der Waals surface area (Å²) in [4.78, 5) is 46.0. The van der Waals surface area contributed by atoms with Gasteiger partial charge in [-0.1, -0.05) is 38.8 Å². The van der Waals surface area contributed by atoms with Gasteiger partial charge >= 0.3 is 23.9 Å². The summed E-state index contributed by atoms with van der Waals surface area (Å²) < 4.78 is 0. The van der Waals surface area contributed by atoms with Gasteiger partial charge in [-0.15, -0.1) is 0 Å². The Morgan fingerprint density at radius 3 is 1.37 bits per heavy atom. The molecule has 2 aromatic rings. The van der Waals surface area contributed by atoms with Crippen LogP contribution in [0.5, 0.6) is 0 Å². The molecular formula is C22H22O8. The molecule has 0 saturated carbocycles. The van der Waals surface area contributed by atoms with Crippen molar-refractivity contribution < 1.29 is 39.6 Å². The summed E-state index contributed by atoms with van der Waals surface area (Å²) in [6, 6.07) is 8.03. The molecule has 0 saturated heterocycles. The molecule has 2 rings (SSSR count). The van der Waals surface area contributed by atoms with Gasteiger partial charge in [0.1, 0.15) is 0 Å². The van der Waals surface area contributed by atoms with Crippen molar-refractivity contribution in [3.05, 3.63) is 69.8 Å². The number of carboxylic acid groups (broad SMARTS) is 4. The Labute approximate surface area is 172 Å². The second kappa shape index (κ2) is 8.77. The van der Waals surface area contributed by atoms with Crippen molar-refractivity contribution in [1.29, 1.82) is 0 Å². The van der Waals surface area contributed by atoms with E-state index in [0.717, 1.165) is 12.8 Å². The lowest BCUT2D eigenvalue weighted by atomic mass is 9.71. The molecule has 30 heavy (non-hydrogen) atoms. The highest BCUT2D eigenvalue weighted by atomic mass is 16.4. The maximum Gasteiger partial charge on any atom is 0.336 e. The smallest absolute Gasteiger partial charge is 0.336 e. The van der Waals surface area contributed by atoms with Crippen LogP contribution in [0.4, 0.5) is 0 Å². The minimum Gasteiger partial charge on any atom is -0.478 e. The van der Waals surface area contributed by atoms with E-state index in [1.165, 1.54) is 36.4 Å². The number of hydrogen-bond donors (Lipinski definition) is 4. The Hall–Kier alpha value is -3.68. The fourth-order valence-corrected chi connectivity index (χ4v) is 3.49. The first-order valence-corrected chi connectivity index (χ1v) is 9.25. The second-order valence-electron chi connectivity index (χ2n) is 7.18. The van der Waals surface area contributed by atoms with Crippen molar-refractivity contribution in [2.75, 3.05) is 0 Å². The predicted molar refractivity (Wildman–Crippen MR) is 107 cm³/mol. The minimum atomic E-state index is -1.39. The first kappa shape index (κ1) is 22.6.